The van der Waals surface area contributed by atoms with Gasteiger partial charge in [0.05, 0.1) is 5.75 Å². The van der Waals surface area contributed by atoms with Crippen molar-refractivity contribution in [1.82, 2.24) is 4.57 Å². The third-order valence-corrected chi connectivity index (χ3v) is 4.24. The van der Waals surface area contributed by atoms with Gasteiger partial charge in [-0.2, -0.15) is 0 Å². The molecule has 2 aromatic rings. The van der Waals surface area contributed by atoms with E-state index in [1.807, 2.05) is 0 Å². The summed E-state index contributed by atoms with van der Waals surface area (Å²) in [5.74, 6) is -1.02. The number of carboxylic acids is 1. The first-order valence-corrected chi connectivity index (χ1v) is 9.83. The van der Waals surface area contributed by atoms with E-state index in [9.17, 15) is 18.3 Å². The molecule has 0 aliphatic heterocycles. The van der Waals surface area contributed by atoms with E-state index in [-0.39, 0.29) is 11.4 Å². The fourth-order valence-corrected chi connectivity index (χ4v) is 2.98. The number of hydrogen-bond acceptors (Lipinski definition) is 3. The van der Waals surface area contributed by atoms with Gasteiger partial charge in [0.15, 0.2) is 0 Å². The molecule has 0 amide bonds. The zero-order valence-corrected chi connectivity index (χ0v) is 15.1. The van der Waals surface area contributed by atoms with Crippen LogP contribution in [0.15, 0.2) is 24.3 Å². The summed E-state index contributed by atoms with van der Waals surface area (Å²) in [5.41, 5.74) is 0.871. The quantitative estimate of drug-likeness (QED) is 0.879. The number of carboxylic acid groups (broad SMARTS) is 1. The predicted octanol–water partition coefficient (Wildman–Crippen LogP) is 3.84. The molecule has 128 valence electrons. The van der Waals surface area contributed by atoms with Crippen molar-refractivity contribution in [1.29, 1.82) is 0 Å². The van der Waals surface area contributed by atoms with Crippen LogP contribution in [0.25, 0.3) is 10.9 Å². The Balaban J connectivity index is 0.000000816. The van der Waals surface area contributed by atoms with Crippen molar-refractivity contribution in [3.8, 4) is 0 Å². The van der Waals surface area contributed by atoms with Crippen molar-refractivity contribution in [3.63, 3.8) is 0 Å². The van der Waals surface area contributed by atoms with Gasteiger partial charge < -0.3 is 9.67 Å². The first kappa shape index (κ1) is 19.5. The highest BCUT2D eigenvalue weighted by atomic mass is 35.5. The number of benzene rings is 1. The minimum Gasteiger partial charge on any atom is -0.477 e. The van der Waals surface area contributed by atoms with E-state index in [2.05, 4.69) is 13.8 Å². The van der Waals surface area contributed by atoms with E-state index >= 15 is 0 Å². The van der Waals surface area contributed by atoms with Gasteiger partial charge in [-0.25, -0.2) is 13.2 Å². The van der Waals surface area contributed by atoms with Crippen LogP contribution >= 0.6 is 11.6 Å². The van der Waals surface area contributed by atoms with Gasteiger partial charge in [0, 0.05) is 28.7 Å². The molecule has 0 saturated carbocycles. The number of carbonyl (C=O) groups is 1. The standard InChI is InChI=1S/C13H14ClNO4S.C3H8/c1-20(18,19)6-2-5-15-11-4-3-10(14)7-9(11)8-12(15)13(16)17;1-3-2/h3-4,7-8H,2,5-6H2,1H3,(H,16,17);3H2,1-2H3. The smallest absolute Gasteiger partial charge is 0.352 e. The van der Waals surface area contributed by atoms with Crippen LogP contribution in [-0.2, 0) is 16.4 Å². The Labute approximate surface area is 141 Å². The van der Waals surface area contributed by atoms with Crippen LogP contribution in [0.2, 0.25) is 5.02 Å². The number of aryl methyl sites for hydroxylation is 1. The molecule has 23 heavy (non-hydrogen) atoms. The molecule has 0 saturated heterocycles. The predicted molar refractivity (Wildman–Crippen MR) is 94.2 cm³/mol. The molecule has 0 aliphatic rings. The summed E-state index contributed by atoms with van der Waals surface area (Å²) in [5, 5.41) is 10.5. The highest BCUT2D eigenvalue weighted by Gasteiger charge is 2.15. The molecular weight excluding hydrogens is 338 g/mol. The maximum Gasteiger partial charge on any atom is 0.352 e. The number of sulfone groups is 1. The molecule has 0 fully saturated rings. The fourth-order valence-electron chi connectivity index (χ4n) is 2.14. The van der Waals surface area contributed by atoms with Gasteiger partial charge in [-0.05, 0) is 30.7 Å². The minimum atomic E-state index is -3.05. The molecule has 0 aliphatic carbocycles. The summed E-state index contributed by atoms with van der Waals surface area (Å²) in [6, 6.07) is 6.66. The van der Waals surface area contributed by atoms with Crippen molar-refractivity contribution < 1.29 is 18.3 Å². The van der Waals surface area contributed by atoms with Crippen molar-refractivity contribution in [2.45, 2.75) is 33.2 Å². The van der Waals surface area contributed by atoms with Gasteiger partial charge in [-0.1, -0.05) is 31.9 Å². The summed E-state index contributed by atoms with van der Waals surface area (Å²) in [7, 11) is -3.05. The number of hydrogen-bond donors (Lipinski definition) is 1. The zero-order chi connectivity index (χ0) is 17.6. The van der Waals surface area contributed by atoms with Crippen molar-refractivity contribution >= 4 is 38.3 Å². The van der Waals surface area contributed by atoms with E-state index in [0.29, 0.717) is 18.0 Å². The Kier molecular flexibility index (Phi) is 7.09. The van der Waals surface area contributed by atoms with Gasteiger partial charge in [-0.15, -0.1) is 0 Å². The van der Waals surface area contributed by atoms with Crippen molar-refractivity contribution in [2.24, 2.45) is 0 Å². The molecule has 1 aromatic carbocycles. The number of fused-ring (bicyclic) bond motifs is 1. The Morgan fingerprint density at radius 1 is 1.26 bits per heavy atom. The largest absolute Gasteiger partial charge is 0.477 e. The van der Waals surface area contributed by atoms with E-state index < -0.39 is 15.8 Å². The van der Waals surface area contributed by atoms with Crippen LogP contribution < -0.4 is 0 Å². The third-order valence-electron chi connectivity index (χ3n) is 2.98. The molecule has 0 unspecified atom stereocenters. The number of aromatic nitrogens is 1. The monoisotopic (exact) mass is 359 g/mol. The molecule has 5 nitrogen and oxygen atoms in total. The van der Waals surface area contributed by atoms with Gasteiger partial charge in [-0.3, -0.25) is 0 Å². The Bertz CT molecular complexity index is 781. The topological polar surface area (TPSA) is 76.4 Å². The normalized spacial score (nSPS) is 11.1. The molecular formula is C16H22ClNO4S. The average molecular weight is 360 g/mol. The SMILES string of the molecule is CCC.CS(=O)(=O)CCCn1c(C(=O)O)cc2cc(Cl)ccc21. The minimum absolute atomic E-state index is 0.0271. The second-order valence-corrected chi connectivity index (χ2v) is 8.08. The molecule has 0 bridgehead atoms. The van der Waals surface area contributed by atoms with Gasteiger partial charge >= 0.3 is 5.97 Å². The molecule has 7 heteroatoms. The van der Waals surface area contributed by atoms with Crippen molar-refractivity contribution in [3.05, 3.63) is 35.0 Å². The number of rotatable bonds is 5. The van der Waals surface area contributed by atoms with Gasteiger partial charge in [0.2, 0.25) is 0 Å². The first-order valence-electron chi connectivity index (χ1n) is 7.39. The van der Waals surface area contributed by atoms with E-state index in [1.165, 1.54) is 12.7 Å². The Morgan fingerprint density at radius 3 is 2.39 bits per heavy atom. The number of aromatic carboxylic acids is 1. The van der Waals surface area contributed by atoms with E-state index in [1.54, 1.807) is 28.8 Å². The summed E-state index contributed by atoms with van der Waals surface area (Å²) >= 11 is 5.89. The van der Waals surface area contributed by atoms with Crippen LogP contribution in [-0.4, -0.2) is 36.1 Å². The van der Waals surface area contributed by atoms with Crippen LogP contribution in [0.3, 0.4) is 0 Å². The second kappa shape index (κ2) is 8.36. The highest BCUT2D eigenvalue weighted by molar-refractivity contribution is 7.90. The third kappa shape index (κ3) is 5.88. The lowest BCUT2D eigenvalue weighted by molar-refractivity contribution is 0.0685. The zero-order valence-electron chi connectivity index (χ0n) is 13.5. The van der Waals surface area contributed by atoms with Crippen LogP contribution in [0.5, 0.6) is 0 Å². The molecule has 2 rings (SSSR count). The van der Waals surface area contributed by atoms with E-state index in [0.717, 1.165) is 10.9 Å². The molecule has 1 heterocycles. The Hall–Kier alpha value is -1.53. The molecule has 1 aromatic heterocycles. The van der Waals surface area contributed by atoms with Crippen LogP contribution in [0, 0.1) is 0 Å². The molecule has 0 radical (unpaired) electrons. The lowest BCUT2D eigenvalue weighted by Gasteiger charge is -2.08. The lowest BCUT2D eigenvalue weighted by Crippen LogP contribution is -2.12. The van der Waals surface area contributed by atoms with E-state index in [4.69, 9.17) is 11.6 Å². The van der Waals surface area contributed by atoms with Crippen molar-refractivity contribution in [2.75, 3.05) is 12.0 Å². The van der Waals surface area contributed by atoms with Crippen LogP contribution in [0.4, 0.5) is 0 Å². The summed E-state index contributed by atoms with van der Waals surface area (Å²) in [4.78, 5) is 11.3. The van der Waals surface area contributed by atoms with Crippen LogP contribution in [0.1, 0.15) is 37.2 Å². The summed E-state index contributed by atoms with van der Waals surface area (Å²) in [6.45, 7) is 4.58. The number of nitrogens with zero attached hydrogens (tertiary/aromatic N) is 1. The Morgan fingerprint density at radius 2 is 1.87 bits per heavy atom. The highest BCUT2D eigenvalue weighted by Crippen LogP contribution is 2.24. The summed E-state index contributed by atoms with van der Waals surface area (Å²) in [6.07, 6.45) is 2.78. The maximum atomic E-state index is 11.3. The maximum absolute atomic E-state index is 11.3. The van der Waals surface area contributed by atoms with Gasteiger partial charge in [0.1, 0.15) is 15.5 Å². The molecule has 1 N–H and O–H groups in total. The van der Waals surface area contributed by atoms with Gasteiger partial charge in [0.25, 0.3) is 0 Å². The molecule has 0 spiro atoms. The fraction of sp³-hybridized carbons (Fsp3) is 0.438. The molecule has 0 atom stereocenters. The average Bonchev–Trinajstić information content (AvgIpc) is 2.76. The summed E-state index contributed by atoms with van der Waals surface area (Å²) < 4.78 is 23.9. The number of halogens is 1. The lowest BCUT2D eigenvalue weighted by atomic mass is 10.2. The second-order valence-electron chi connectivity index (χ2n) is 5.38. The first-order chi connectivity index (χ1) is 10.7.